The van der Waals surface area contributed by atoms with Gasteiger partial charge in [0.15, 0.2) is 0 Å². The molecule has 152 valence electrons. The summed E-state index contributed by atoms with van der Waals surface area (Å²) in [5.74, 6) is -1.48. The van der Waals surface area contributed by atoms with E-state index in [0.717, 1.165) is 13.1 Å². The number of hydrogen-bond acceptors (Lipinski definition) is 6. The number of ether oxygens (including phenoxy) is 1. The first kappa shape index (κ1) is 19.0. The minimum Gasteiger partial charge on any atom is -0.471 e. The molecule has 4 rings (SSSR count). The van der Waals surface area contributed by atoms with Crippen molar-refractivity contribution in [2.45, 2.75) is 50.4 Å². The Morgan fingerprint density at radius 2 is 2.00 bits per heavy atom. The SMILES string of the molecule is CN1CC(Oc2cc(NC3CCC(F)(F)CC3)nc(-n3ccc(CF)n3)n2)C1. The molecule has 0 aromatic carbocycles. The second-order valence-corrected chi connectivity index (χ2v) is 7.51. The Hall–Kier alpha value is -2.36. The quantitative estimate of drug-likeness (QED) is 0.810. The molecule has 1 N–H and O–H groups in total. The summed E-state index contributed by atoms with van der Waals surface area (Å²) < 4.78 is 46.9. The minimum atomic E-state index is -2.59. The maximum Gasteiger partial charge on any atom is 0.255 e. The molecule has 1 aliphatic heterocycles. The van der Waals surface area contributed by atoms with Crippen molar-refractivity contribution in [2.24, 2.45) is 0 Å². The number of likely N-dealkylation sites (tertiary alicyclic amines) is 1. The highest BCUT2D eigenvalue weighted by Crippen LogP contribution is 2.34. The van der Waals surface area contributed by atoms with E-state index in [2.05, 4.69) is 25.3 Å². The fourth-order valence-electron chi connectivity index (χ4n) is 3.47. The number of rotatable bonds is 6. The number of anilines is 1. The van der Waals surface area contributed by atoms with Crippen LogP contribution in [-0.2, 0) is 6.67 Å². The molecular formula is C18H23F3N6O. The van der Waals surface area contributed by atoms with E-state index in [0.29, 0.717) is 24.5 Å². The van der Waals surface area contributed by atoms with Crippen LogP contribution in [0, 0.1) is 0 Å². The van der Waals surface area contributed by atoms with Crippen LogP contribution >= 0.6 is 0 Å². The van der Waals surface area contributed by atoms with Gasteiger partial charge in [0.25, 0.3) is 5.95 Å². The molecule has 2 fully saturated rings. The minimum absolute atomic E-state index is 0.0352. The monoisotopic (exact) mass is 396 g/mol. The number of likely N-dealkylation sites (N-methyl/N-ethyl adjacent to an activating group) is 1. The summed E-state index contributed by atoms with van der Waals surface area (Å²) in [5.41, 5.74) is 0.277. The van der Waals surface area contributed by atoms with E-state index < -0.39 is 12.6 Å². The van der Waals surface area contributed by atoms with Crippen LogP contribution in [-0.4, -0.2) is 62.9 Å². The van der Waals surface area contributed by atoms with Gasteiger partial charge in [-0.05, 0) is 26.0 Å². The highest BCUT2D eigenvalue weighted by atomic mass is 19.3. The van der Waals surface area contributed by atoms with Gasteiger partial charge in [-0.3, -0.25) is 4.90 Å². The summed E-state index contributed by atoms with van der Waals surface area (Å²) >= 11 is 0. The maximum atomic E-state index is 13.4. The van der Waals surface area contributed by atoms with Crippen molar-refractivity contribution in [1.29, 1.82) is 0 Å². The zero-order valence-corrected chi connectivity index (χ0v) is 15.6. The molecular weight excluding hydrogens is 373 g/mol. The number of nitrogens with zero attached hydrogens (tertiary/aromatic N) is 5. The molecule has 1 saturated heterocycles. The van der Waals surface area contributed by atoms with Gasteiger partial charge in [-0.1, -0.05) is 0 Å². The second-order valence-electron chi connectivity index (χ2n) is 7.51. The van der Waals surface area contributed by atoms with Gasteiger partial charge in [0.1, 0.15) is 18.6 Å². The molecule has 3 heterocycles. The smallest absolute Gasteiger partial charge is 0.255 e. The Labute approximate surface area is 160 Å². The van der Waals surface area contributed by atoms with E-state index >= 15 is 0 Å². The molecule has 0 amide bonds. The molecule has 2 aromatic rings. The van der Waals surface area contributed by atoms with Crippen LogP contribution in [0.4, 0.5) is 19.0 Å². The van der Waals surface area contributed by atoms with Crippen LogP contribution in [0.15, 0.2) is 18.3 Å². The summed E-state index contributed by atoms with van der Waals surface area (Å²) in [6.07, 6.45) is 2.07. The van der Waals surface area contributed by atoms with Crippen LogP contribution in [0.1, 0.15) is 31.4 Å². The van der Waals surface area contributed by atoms with Crippen molar-refractivity contribution < 1.29 is 17.9 Å². The summed E-state index contributed by atoms with van der Waals surface area (Å²) in [6, 6.07) is 3.13. The molecule has 2 aromatic heterocycles. The van der Waals surface area contributed by atoms with E-state index in [1.807, 2.05) is 7.05 Å². The average Bonchev–Trinajstić information content (AvgIpc) is 3.11. The number of hydrogen-bond donors (Lipinski definition) is 1. The molecule has 0 radical (unpaired) electrons. The van der Waals surface area contributed by atoms with Gasteiger partial charge in [0, 0.05) is 44.2 Å². The fourth-order valence-corrected chi connectivity index (χ4v) is 3.47. The maximum absolute atomic E-state index is 13.4. The molecule has 10 heteroatoms. The Morgan fingerprint density at radius 3 is 2.64 bits per heavy atom. The van der Waals surface area contributed by atoms with Gasteiger partial charge < -0.3 is 10.1 Å². The Balaban J connectivity index is 1.54. The first-order chi connectivity index (χ1) is 13.4. The third-order valence-electron chi connectivity index (χ3n) is 5.06. The molecule has 1 aliphatic carbocycles. The zero-order valence-electron chi connectivity index (χ0n) is 15.6. The molecule has 7 nitrogen and oxygen atoms in total. The number of alkyl halides is 3. The third-order valence-corrected chi connectivity index (χ3v) is 5.06. The predicted molar refractivity (Wildman–Crippen MR) is 96.7 cm³/mol. The zero-order chi connectivity index (χ0) is 19.7. The largest absolute Gasteiger partial charge is 0.471 e. The lowest BCUT2D eigenvalue weighted by atomic mass is 9.92. The fraction of sp³-hybridized carbons (Fsp3) is 0.611. The van der Waals surface area contributed by atoms with Gasteiger partial charge >= 0.3 is 0 Å². The van der Waals surface area contributed by atoms with Gasteiger partial charge in [-0.15, -0.1) is 0 Å². The number of halogens is 3. The average molecular weight is 396 g/mol. The lowest BCUT2D eigenvalue weighted by Gasteiger charge is -2.35. The molecule has 0 atom stereocenters. The second kappa shape index (κ2) is 7.57. The summed E-state index contributed by atoms with van der Waals surface area (Å²) in [7, 11) is 2.00. The Kier molecular flexibility index (Phi) is 5.13. The van der Waals surface area contributed by atoms with Crippen molar-refractivity contribution in [3.8, 4) is 11.8 Å². The van der Waals surface area contributed by atoms with Gasteiger partial charge in [-0.25, -0.2) is 17.9 Å². The van der Waals surface area contributed by atoms with E-state index in [-0.39, 0.29) is 36.6 Å². The molecule has 0 spiro atoms. The van der Waals surface area contributed by atoms with E-state index in [9.17, 15) is 13.2 Å². The Bertz CT molecular complexity index is 813. The first-order valence-corrected chi connectivity index (χ1v) is 9.40. The van der Waals surface area contributed by atoms with Gasteiger partial charge in [0.2, 0.25) is 11.8 Å². The van der Waals surface area contributed by atoms with Crippen molar-refractivity contribution in [2.75, 3.05) is 25.5 Å². The molecule has 2 aliphatic rings. The predicted octanol–water partition coefficient (Wildman–Crippen LogP) is 2.81. The molecule has 28 heavy (non-hydrogen) atoms. The van der Waals surface area contributed by atoms with Crippen LogP contribution in [0.3, 0.4) is 0 Å². The number of nitrogens with one attached hydrogen (secondary N) is 1. The summed E-state index contributed by atoms with van der Waals surface area (Å²) in [5, 5.41) is 7.32. The molecule has 0 unspecified atom stereocenters. The highest BCUT2D eigenvalue weighted by Gasteiger charge is 2.35. The molecule has 0 bridgehead atoms. The molecule has 1 saturated carbocycles. The standard InChI is InChI=1S/C18H23F3N6O/c1-26-10-14(11-26)28-16-8-15(22-12-2-5-18(20,21)6-3-12)23-17(24-16)27-7-4-13(9-19)25-27/h4,7-8,12,14H,2-3,5-6,9-11H2,1H3,(H,22,23,24). The van der Waals surface area contributed by atoms with E-state index in [1.54, 1.807) is 18.3 Å². The van der Waals surface area contributed by atoms with Crippen molar-refractivity contribution >= 4 is 5.82 Å². The summed E-state index contributed by atoms with van der Waals surface area (Å²) in [4.78, 5) is 10.9. The van der Waals surface area contributed by atoms with Crippen molar-refractivity contribution in [1.82, 2.24) is 24.6 Å². The van der Waals surface area contributed by atoms with Crippen LogP contribution in [0.5, 0.6) is 5.88 Å². The Morgan fingerprint density at radius 1 is 1.25 bits per heavy atom. The van der Waals surface area contributed by atoms with Crippen molar-refractivity contribution in [3.05, 3.63) is 24.0 Å². The summed E-state index contributed by atoms with van der Waals surface area (Å²) in [6.45, 7) is 0.917. The number of aromatic nitrogens is 4. The lowest BCUT2D eigenvalue weighted by Crippen LogP contribution is -2.51. The van der Waals surface area contributed by atoms with E-state index in [1.165, 1.54) is 4.68 Å². The van der Waals surface area contributed by atoms with Gasteiger partial charge in [-0.2, -0.15) is 15.1 Å². The lowest BCUT2D eigenvalue weighted by molar-refractivity contribution is -0.0361. The van der Waals surface area contributed by atoms with E-state index in [4.69, 9.17) is 4.74 Å². The topological polar surface area (TPSA) is 68.1 Å². The van der Waals surface area contributed by atoms with Crippen molar-refractivity contribution in [3.63, 3.8) is 0 Å². The van der Waals surface area contributed by atoms with Crippen LogP contribution in [0.2, 0.25) is 0 Å². The normalized spacial score (nSPS) is 20.7. The first-order valence-electron chi connectivity index (χ1n) is 9.40. The highest BCUT2D eigenvalue weighted by molar-refractivity contribution is 5.42. The van der Waals surface area contributed by atoms with Crippen LogP contribution in [0.25, 0.3) is 5.95 Å². The third kappa shape index (κ3) is 4.37. The van der Waals surface area contributed by atoms with Crippen LogP contribution < -0.4 is 10.1 Å². The van der Waals surface area contributed by atoms with Gasteiger partial charge in [0.05, 0.1) is 5.69 Å².